The number of carbonyl (C=O) groups excluding carboxylic acids is 1. The van der Waals surface area contributed by atoms with Gasteiger partial charge in [-0.15, -0.1) is 0 Å². The molecule has 0 rings (SSSR count). The minimum absolute atomic E-state index is 0.0815. The Balaban J connectivity index is 3.54. The van der Waals surface area contributed by atoms with Gasteiger partial charge in [0.2, 0.25) is 0 Å². The van der Waals surface area contributed by atoms with E-state index in [-0.39, 0.29) is 5.75 Å². The molecule has 0 atom stereocenters. The second-order valence-corrected chi connectivity index (χ2v) is 4.20. The maximum Gasteiger partial charge on any atom is 0.198 e. The second kappa shape index (κ2) is 5.07. The SMILES string of the molecule is C=CS(=O)(=O)CCCC[C]=O. The van der Waals surface area contributed by atoms with Crippen molar-refractivity contribution in [3.05, 3.63) is 12.0 Å². The highest BCUT2D eigenvalue weighted by Crippen LogP contribution is 1.99. The fourth-order valence-electron chi connectivity index (χ4n) is 0.584. The van der Waals surface area contributed by atoms with Gasteiger partial charge >= 0.3 is 0 Å². The quantitative estimate of drug-likeness (QED) is 0.562. The Bertz CT molecular complexity index is 216. The predicted octanol–water partition coefficient (Wildman–Crippen LogP) is 0.825. The summed E-state index contributed by atoms with van der Waals surface area (Å²) in [6.07, 6.45) is 3.10. The molecule has 4 heteroatoms. The van der Waals surface area contributed by atoms with Gasteiger partial charge in [0.05, 0.1) is 5.75 Å². The van der Waals surface area contributed by atoms with Crippen molar-refractivity contribution in [1.29, 1.82) is 0 Å². The highest BCUT2D eigenvalue weighted by molar-refractivity contribution is 7.94. The molecule has 11 heavy (non-hydrogen) atoms. The van der Waals surface area contributed by atoms with Crippen molar-refractivity contribution < 1.29 is 13.2 Å². The summed E-state index contributed by atoms with van der Waals surface area (Å²) >= 11 is 0. The maximum absolute atomic E-state index is 10.7. The number of unbranched alkanes of at least 4 members (excludes halogenated alkanes) is 2. The molecule has 0 N–H and O–H groups in total. The summed E-state index contributed by atoms with van der Waals surface area (Å²) in [7, 11) is -3.07. The van der Waals surface area contributed by atoms with Gasteiger partial charge in [-0.05, 0) is 12.8 Å². The molecule has 0 heterocycles. The van der Waals surface area contributed by atoms with E-state index in [1.807, 2.05) is 0 Å². The zero-order chi connectivity index (χ0) is 8.74. The Morgan fingerprint density at radius 2 is 2.00 bits per heavy atom. The molecule has 0 fully saturated rings. The molecule has 0 aromatic carbocycles. The molecule has 0 amide bonds. The van der Waals surface area contributed by atoms with Crippen LogP contribution in [0.1, 0.15) is 19.3 Å². The lowest BCUT2D eigenvalue weighted by molar-refractivity contribution is 0.547. The Morgan fingerprint density at radius 3 is 2.45 bits per heavy atom. The third-order valence-corrected chi connectivity index (χ3v) is 2.58. The van der Waals surface area contributed by atoms with Gasteiger partial charge in [0.25, 0.3) is 0 Å². The third-order valence-electron chi connectivity index (χ3n) is 1.21. The topological polar surface area (TPSA) is 51.2 Å². The van der Waals surface area contributed by atoms with Crippen LogP contribution in [0.25, 0.3) is 0 Å². The highest BCUT2D eigenvalue weighted by Gasteiger charge is 2.02. The molecule has 63 valence electrons. The molecule has 0 saturated heterocycles. The summed E-state index contributed by atoms with van der Waals surface area (Å²) in [4.78, 5) is 9.70. The van der Waals surface area contributed by atoms with Gasteiger partial charge < -0.3 is 0 Å². The Labute approximate surface area is 67.0 Å². The van der Waals surface area contributed by atoms with Gasteiger partial charge in [-0.2, -0.15) is 0 Å². The normalized spacial score (nSPS) is 10.9. The Hall–Kier alpha value is -0.640. The zero-order valence-electron chi connectivity index (χ0n) is 6.25. The number of sulfone groups is 1. The molecule has 0 saturated carbocycles. The summed E-state index contributed by atoms with van der Waals surface area (Å²) < 4.78 is 21.5. The second-order valence-electron chi connectivity index (χ2n) is 2.14. The van der Waals surface area contributed by atoms with Crippen LogP contribution in [0.4, 0.5) is 0 Å². The van der Waals surface area contributed by atoms with Crippen molar-refractivity contribution in [3.8, 4) is 0 Å². The van der Waals surface area contributed by atoms with Crippen LogP contribution >= 0.6 is 0 Å². The van der Waals surface area contributed by atoms with Crippen molar-refractivity contribution in [3.63, 3.8) is 0 Å². The lowest BCUT2D eigenvalue weighted by atomic mass is 10.3. The average molecular weight is 175 g/mol. The molecule has 3 nitrogen and oxygen atoms in total. The summed E-state index contributed by atoms with van der Waals surface area (Å²) in [6.45, 7) is 3.17. The van der Waals surface area contributed by atoms with Crippen LogP contribution in [-0.4, -0.2) is 20.5 Å². The molecule has 0 aromatic rings. The molecule has 0 aliphatic carbocycles. The van der Waals surface area contributed by atoms with Gasteiger partial charge in [-0.3, -0.25) is 4.79 Å². The van der Waals surface area contributed by atoms with Crippen LogP contribution in [0.5, 0.6) is 0 Å². The standard InChI is InChI=1S/C7H11O3S/c1-2-11(9,10)7-5-3-4-6-8/h2H,1,3-5,7H2. The summed E-state index contributed by atoms with van der Waals surface area (Å²) in [5, 5.41) is 0.942. The first-order valence-corrected chi connectivity index (χ1v) is 5.04. The van der Waals surface area contributed by atoms with Crippen molar-refractivity contribution in [2.24, 2.45) is 0 Å². The summed E-state index contributed by atoms with van der Waals surface area (Å²) in [5.74, 6) is 0.0815. The molecule has 0 spiro atoms. The fourth-order valence-corrected chi connectivity index (χ4v) is 1.36. The Kier molecular flexibility index (Phi) is 4.77. The lowest BCUT2D eigenvalue weighted by Gasteiger charge is -1.94. The highest BCUT2D eigenvalue weighted by atomic mass is 32.2. The maximum atomic E-state index is 10.7. The lowest BCUT2D eigenvalue weighted by Crippen LogP contribution is -2.01. The number of rotatable bonds is 6. The third kappa shape index (κ3) is 5.79. The molecule has 0 bridgehead atoms. The van der Waals surface area contributed by atoms with Gasteiger partial charge in [0.15, 0.2) is 16.1 Å². The van der Waals surface area contributed by atoms with E-state index in [1.54, 1.807) is 6.29 Å². The number of hydrogen-bond donors (Lipinski definition) is 0. The molecule has 0 aliphatic heterocycles. The predicted molar refractivity (Wildman–Crippen MR) is 43.5 cm³/mol. The van der Waals surface area contributed by atoms with Crippen LogP contribution in [0, 0.1) is 0 Å². The number of hydrogen-bond acceptors (Lipinski definition) is 3. The van der Waals surface area contributed by atoms with E-state index in [4.69, 9.17) is 0 Å². The van der Waals surface area contributed by atoms with E-state index in [1.165, 1.54) is 0 Å². The van der Waals surface area contributed by atoms with Gasteiger partial charge in [0, 0.05) is 11.8 Å². The average Bonchev–Trinajstić information content (AvgIpc) is 1.99. The van der Waals surface area contributed by atoms with Crippen molar-refractivity contribution in [2.75, 3.05) is 5.75 Å². The molecule has 0 aromatic heterocycles. The Morgan fingerprint density at radius 1 is 1.36 bits per heavy atom. The van der Waals surface area contributed by atoms with Crippen molar-refractivity contribution >= 4 is 16.1 Å². The first kappa shape index (κ1) is 10.4. The molecular weight excluding hydrogens is 164 g/mol. The minimum atomic E-state index is -3.07. The van der Waals surface area contributed by atoms with Crippen molar-refractivity contribution in [2.45, 2.75) is 19.3 Å². The van der Waals surface area contributed by atoms with Crippen LogP contribution in [0.15, 0.2) is 12.0 Å². The molecule has 0 unspecified atom stereocenters. The summed E-state index contributed by atoms with van der Waals surface area (Å²) in [6, 6.07) is 0. The smallest absolute Gasteiger partial charge is 0.198 e. The van der Waals surface area contributed by atoms with E-state index in [0.29, 0.717) is 19.3 Å². The van der Waals surface area contributed by atoms with E-state index in [2.05, 4.69) is 6.58 Å². The van der Waals surface area contributed by atoms with Crippen molar-refractivity contribution in [1.82, 2.24) is 0 Å². The van der Waals surface area contributed by atoms with E-state index in [9.17, 15) is 13.2 Å². The first-order chi connectivity index (χ1) is 5.12. The zero-order valence-corrected chi connectivity index (χ0v) is 7.06. The fraction of sp³-hybridized carbons (Fsp3) is 0.571. The van der Waals surface area contributed by atoms with Gasteiger partial charge in [-0.25, -0.2) is 8.42 Å². The first-order valence-electron chi connectivity index (χ1n) is 3.32. The monoisotopic (exact) mass is 175 g/mol. The molecule has 1 radical (unpaired) electrons. The van der Waals surface area contributed by atoms with Gasteiger partial charge in [0.1, 0.15) is 0 Å². The van der Waals surface area contributed by atoms with E-state index < -0.39 is 9.84 Å². The van der Waals surface area contributed by atoms with E-state index >= 15 is 0 Å². The minimum Gasteiger partial charge on any atom is -0.291 e. The largest absolute Gasteiger partial charge is 0.291 e. The molecular formula is C7H11O3S. The van der Waals surface area contributed by atoms with E-state index in [0.717, 1.165) is 5.41 Å². The van der Waals surface area contributed by atoms with Gasteiger partial charge in [-0.1, -0.05) is 6.58 Å². The van der Waals surface area contributed by atoms with Crippen LogP contribution < -0.4 is 0 Å². The molecule has 0 aliphatic rings. The summed E-state index contributed by atoms with van der Waals surface area (Å²) in [5.41, 5.74) is 0. The van der Waals surface area contributed by atoms with Crippen LogP contribution in [0.3, 0.4) is 0 Å². The van der Waals surface area contributed by atoms with Crippen LogP contribution in [-0.2, 0) is 14.6 Å². The van der Waals surface area contributed by atoms with Crippen LogP contribution in [0.2, 0.25) is 0 Å².